The lowest BCUT2D eigenvalue weighted by Gasteiger charge is -2.36. The highest BCUT2D eigenvalue weighted by Gasteiger charge is 2.22. The number of nitrogens with zero attached hydrogens (tertiary/aromatic N) is 1. The van der Waals surface area contributed by atoms with Crippen LogP contribution in [0.1, 0.15) is 5.56 Å². The highest BCUT2D eigenvalue weighted by atomic mass is 16.5. The molecule has 0 radical (unpaired) electrons. The third kappa shape index (κ3) is 3.44. The smallest absolute Gasteiger partial charge is 0.255 e. The highest BCUT2D eigenvalue weighted by molar-refractivity contribution is 5.75. The van der Waals surface area contributed by atoms with E-state index in [1.807, 2.05) is 24.3 Å². The van der Waals surface area contributed by atoms with Gasteiger partial charge >= 0.3 is 0 Å². The fourth-order valence-electron chi connectivity index (χ4n) is 1.84. The van der Waals surface area contributed by atoms with E-state index >= 15 is 0 Å². The molecule has 0 saturated carbocycles. The first-order chi connectivity index (χ1) is 8.13. The van der Waals surface area contributed by atoms with Crippen LogP contribution in [0.2, 0.25) is 0 Å². The monoisotopic (exact) mass is 235 g/mol. The second-order valence-electron chi connectivity index (χ2n) is 4.35. The van der Waals surface area contributed by atoms with E-state index in [0.29, 0.717) is 11.8 Å². The molecule has 1 fully saturated rings. The summed E-state index contributed by atoms with van der Waals surface area (Å²) in [4.78, 5) is 12.8. The number of hydrogen-bond acceptors (Lipinski definition) is 4. The number of ether oxygens (including phenoxy) is 1. The summed E-state index contributed by atoms with van der Waals surface area (Å²) in [5, 5.41) is 0. The average molecular weight is 235 g/mol. The number of carbonyl (C=O) groups is 1. The van der Waals surface area contributed by atoms with Gasteiger partial charge in [0.25, 0.3) is 5.91 Å². The molecule has 17 heavy (non-hydrogen) atoms. The topological polar surface area (TPSA) is 81.6 Å². The van der Waals surface area contributed by atoms with E-state index in [1.165, 1.54) is 5.56 Å². The molecule has 2 rings (SSSR count). The molecular formula is C12H17N3O2. The largest absolute Gasteiger partial charge is 0.484 e. The molecule has 5 nitrogen and oxygen atoms in total. The van der Waals surface area contributed by atoms with Gasteiger partial charge in [0.05, 0.1) is 0 Å². The minimum atomic E-state index is -0.469. The van der Waals surface area contributed by atoms with Gasteiger partial charge in [-0.3, -0.25) is 9.69 Å². The lowest BCUT2D eigenvalue weighted by molar-refractivity contribution is -0.119. The normalized spacial score (nSPS) is 16.5. The van der Waals surface area contributed by atoms with Crippen LogP contribution in [-0.4, -0.2) is 36.5 Å². The summed E-state index contributed by atoms with van der Waals surface area (Å²) < 4.78 is 5.18. The molecule has 1 aromatic rings. The van der Waals surface area contributed by atoms with Gasteiger partial charge in [0.1, 0.15) is 5.75 Å². The van der Waals surface area contributed by atoms with Gasteiger partial charge in [0, 0.05) is 25.7 Å². The summed E-state index contributed by atoms with van der Waals surface area (Å²) in [7, 11) is 0. The molecule has 0 aromatic heterocycles. The van der Waals surface area contributed by atoms with Crippen molar-refractivity contribution in [3.05, 3.63) is 29.8 Å². The number of primary amides is 1. The third-order valence-corrected chi connectivity index (χ3v) is 2.70. The number of rotatable bonds is 5. The number of amides is 1. The Morgan fingerprint density at radius 2 is 2.00 bits per heavy atom. The molecule has 1 heterocycles. The number of nitrogens with two attached hydrogens (primary N) is 2. The summed E-state index contributed by atoms with van der Waals surface area (Å²) in [6.07, 6.45) is 0. The Morgan fingerprint density at radius 1 is 1.35 bits per heavy atom. The van der Waals surface area contributed by atoms with Crippen LogP contribution in [0.5, 0.6) is 5.75 Å². The molecule has 1 aliphatic rings. The van der Waals surface area contributed by atoms with Crippen LogP contribution < -0.4 is 16.2 Å². The zero-order valence-corrected chi connectivity index (χ0v) is 9.63. The standard InChI is InChI=1S/C12H17N3O2/c13-10-6-15(7-10)5-9-1-3-11(4-2-9)17-8-12(14)16/h1-4,10H,5-8,13H2,(H2,14,16). The molecule has 92 valence electrons. The molecule has 1 aromatic carbocycles. The fourth-order valence-corrected chi connectivity index (χ4v) is 1.84. The van der Waals surface area contributed by atoms with E-state index < -0.39 is 5.91 Å². The number of likely N-dealkylation sites (tertiary alicyclic amines) is 1. The summed E-state index contributed by atoms with van der Waals surface area (Å²) in [6.45, 7) is 2.74. The summed E-state index contributed by atoms with van der Waals surface area (Å²) in [5.74, 6) is 0.191. The molecule has 0 aliphatic carbocycles. The zero-order chi connectivity index (χ0) is 12.3. The van der Waals surface area contributed by atoms with Crippen LogP contribution in [0.15, 0.2) is 24.3 Å². The second-order valence-corrected chi connectivity index (χ2v) is 4.35. The van der Waals surface area contributed by atoms with Crippen molar-refractivity contribution in [3.8, 4) is 5.75 Å². The second kappa shape index (κ2) is 5.16. The Kier molecular flexibility index (Phi) is 3.61. The van der Waals surface area contributed by atoms with Crippen LogP contribution >= 0.6 is 0 Å². The Hall–Kier alpha value is -1.59. The van der Waals surface area contributed by atoms with Gasteiger partial charge in [0.2, 0.25) is 0 Å². The van der Waals surface area contributed by atoms with Crippen molar-refractivity contribution in [1.82, 2.24) is 4.90 Å². The molecular weight excluding hydrogens is 218 g/mol. The SMILES string of the molecule is NC(=O)COc1ccc(CN2CC(N)C2)cc1. The Balaban J connectivity index is 1.82. The van der Waals surface area contributed by atoms with Crippen LogP contribution in [-0.2, 0) is 11.3 Å². The average Bonchev–Trinajstić information content (AvgIpc) is 2.26. The third-order valence-electron chi connectivity index (χ3n) is 2.70. The Morgan fingerprint density at radius 3 is 2.53 bits per heavy atom. The van der Waals surface area contributed by atoms with Crippen LogP contribution in [0.25, 0.3) is 0 Å². The van der Waals surface area contributed by atoms with E-state index in [1.54, 1.807) is 0 Å². The first kappa shape index (κ1) is 11.9. The number of carbonyl (C=O) groups excluding carboxylic acids is 1. The summed E-state index contributed by atoms with van der Waals surface area (Å²) in [6, 6.07) is 7.99. The lowest BCUT2D eigenvalue weighted by atomic mass is 10.1. The Labute approximate surface area is 100 Å². The van der Waals surface area contributed by atoms with Crippen molar-refractivity contribution in [2.24, 2.45) is 11.5 Å². The van der Waals surface area contributed by atoms with Gasteiger partial charge in [-0.1, -0.05) is 12.1 Å². The maximum absolute atomic E-state index is 10.5. The molecule has 5 heteroatoms. The van der Waals surface area contributed by atoms with E-state index in [-0.39, 0.29) is 6.61 Å². The van der Waals surface area contributed by atoms with Crippen molar-refractivity contribution >= 4 is 5.91 Å². The van der Waals surface area contributed by atoms with Gasteiger partial charge in [-0.15, -0.1) is 0 Å². The van der Waals surface area contributed by atoms with Crippen molar-refractivity contribution in [2.45, 2.75) is 12.6 Å². The van der Waals surface area contributed by atoms with Crippen LogP contribution in [0.4, 0.5) is 0 Å². The predicted molar refractivity (Wildman–Crippen MR) is 64.4 cm³/mol. The van der Waals surface area contributed by atoms with Gasteiger partial charge in [-0.2, -0.15) is 0 Å². The maximum Gasteiger partial charge on any atom is 0.255 e. The zero-order valence-electron chi connectivity index (χ0n) is 9.63. The minimum Gasteiger partial charge on any atom is -0.484 e. The van der Waals surface area contributed by atoms with E-state index in [0.717, 1.165) is 19.6 Å². The number of benzene rings is 1. The van der Waals surface area contributed by atoms with Gasteiger partial charge < -0.3 is 16.2 Å². The molecule has 1 amide bonds. The van der Waals surface area contributed by atoms with Crippen LogP contribution in [0, 0.1) is 0 Å². The maximum atomic E-state index is 10.5. The molecule has 0 unspecified atom stereocenters. The summed E-state index contributed by atoms with van der Waals surface area (Å²) >= 11 is 0. The summed E-state index contributed by atoms with van der Waals surface area (Å²) in [5.41, 5.74) is 11.9. The highest BCUT2D eigenvalue weighted by Crippen LogP contribution is 2.16. The molecule has 1 saturated heterocycles. The number of hydrogen-bond donors (Lipinski definition) is 2. The molecule has 1 aliphatic heterocycles. The van der Waals surface area contributed by atoms with Crippen molar-refractivity contribution in [1.29, 1.82) is 0 Å². The van der Waals surface area contributed by atoms with Gasteiger partial charge in [-0.25, -0.2) is 0 Å². The minimum absolute atomic E-state index is 0.0830. The van der Waals surface area contributed by atoms with Crippen LogP contribution in [0.3, 0.4) is 0 Å². The first-order valence-corrected chi connectivity index (χ1v) is 5.61. The molecule has 0 atom stereocenters. The quantitative estimate of drug-likeness (QED) is 0.733. The molecule has 0 spiro atoms. The van der Waals surface area contributed by atoms with Crippen molar-refractivity contribution < 1.29 is 9.53 Å². The van der Waals surface area contributed by atoms with E-state index in [2.05, 4.69) is 4.90 Å². The predicted octanol–water partition coefficient (Wildman–Crippen LogP) is -0.306. The van der Waals surface area contributed by atoms with E-state index in [9.17, 15) is 4.79 Å². The van der Waals surface area contributed by atoms with E-state index in [4.69, 9.17) is 16.2 Å². The first-order valence-electron chi connectivity index (χ1n) is 5.61. The molecule has 4 N–H and O–H groups in total. The Bertz CT molecular complexity index is 385. The van der Waals surface area contributed by atoms with Crippen molar-refractivity contribution in [3.63, 3.8) is 0 Å². The molecule has 0 bridgehead atoms. The fraction of sp³-hybridized carbons (Fsp3) is 0.417. The van der Waals surface area contributed by atoms with Crippen molar-refractivity contribution in [2.75, 3.05) is 19.7 Å². The lowest BCUT2D eigenvalue weighted by Crippen LogP contribution is -2.54. The van der Waals surface area contributed by atoms with Gasteiger partial charge in [0.15, 0.2) is 6.61 Å². The van der Waals surface area contributed by atoms with Gasteiger partial charge in [-0.05, 0) is 17.7 Å².